The minimum absolute atomic E-state index is 0.105. The summed E-state index contributed by atoms with van der Waals surface area (Å²) in [4.78, 5) is 12.3. The lowest BCUT2D eigenvalue weighted by molar-refractivity contribution is 0.0918. The van der Waals surface area contributed by atoms with Crippen LogP contribution in [0.4, 0.5) is 4.39 Å². The molecule has 2 aromatic rings. The number of hydrogen-bond acceptors (Lipinski definition) is 2. The molecule has 0 aliphatic carbocycles. The van der Waals surface area contributed by atoms with Crippen molar-refractivity contribution in [1.29, 1.82) is 0 Å². The highest BCUT2D eigenvalue weighted by molar-refractivity contribution is 5.98. The Morgan fingerprint density at radius 2 is 2.00 bits per heavy atom. The Hall–Kier alpha value is -2.10. The number of aryl methyl sites for hydroxylation is 1. The Balaban J connectivity index is 2.11. The number of rotatable bonds is 6. The van der Waals surface area contributed by atoms with Crippen molar-refractivity contribution in [1.82, 2.24) is 4.57 Å². The van der Waals surface area contributed by atoms with Crippen molar-refractivity contribution in [2.75, 3.05) is 6.61 Å². The van der Waals surface area contributed by atoms with Crippen LogP contribution < -0.4 is 4.74 Å². The lowest BCUT2D eigenvalue weighted by Gasteiger charge is -2.08. The fraction of sp³-hybridized carbons (Fsp3) is 0.353. The Kier molecular flexibility index (Phi) is 4.78. The molecule has 0 bridgehead atoms. The van der Waals surface area contributed by atoms with Crippen LogP contribution in [0.25, 0.3) is 0 Å². The molecule has 2 rings (SSSR count). The number of Topliss-reactive ketones (excluding diaryl/α,β-unsaturated/α-hetero) is 1. The number of carbonyl (C=O) groups is 1. The first-order valence-electron chi connectivity index (χ1n) is 7.11. The van der Waals surface area contributed by atoms with Crippen molar-refractivity contribution in [2.45, 2.75) is 33.7 Å². The van der Waals surface area contributed by atoms with Gasteiger partial charge in [-0.2, -0.15) is 0 Å². The normalized spacial score (nSPS) is 10.7. The van der Waals surface area contributed by atoms with Crippen LogP contribution >= 0.6 is 0 Å². The van der Waals surface area contributed by atoms with E-state index in [0.29, 0.717) is 5.56 Å². The molecule has 0 saturated carbocycles. The van der Waals surface area contributed by atoms with E-state index in [1.54, 1.807) is 12.1 Å². The molecule has 0 aliphatic heterocycles. The molecule has 1 aromatic heterocycles. The zero-order valence-electron chi connectivity index (χ0n) is 12.6. The van der Waals surface area contributed by atoms with Gasteiger partial charge in [-0.15, -0.1) is 0 Å². The van der Waals surface area contributed by atoms with E-state index in [2.05, 4.69) is 11.5 Å². The summed E-state index contributed by atoms with van der Waals surface area (Å²) >= 11 is 0. The van der Waals surface area contributed by atoms with Gasteiger partial charge in [0.15, 0.2) is 18.2 Å². The minimum atomic E-state index is -0.457. The maximum Gasteiger partial charge on any atom is 0.202 e. The first-order chi connectivity index (χ1) is 10.0. The van der Waals surface area contributed by atoms with Gasteiger partial charge in [0.05, 0.1) is 0 Å². The third-order valence-corrected chi connectivity index (χ3v) is 3.52. The van der Waals surface area contributed by atoms with Gasteiger partial charge in [-0.05, 0) is 38.5 Å². The van der Waals surface area contributed by atoms with E-state index in [1.807, 2.05) is 19.9 Å². The number of carbonyl (C=O) groups excluding carboxylic acids is 1. The predicted octanol–water partition coefficient (Wildman–Crippen LogP) is 3.92. The molecule has 0 amide bonds. The highest BCUT2D eigenvalue weighted by Crippen LogP contribution is 2.19. The topological polar surface area (TPSA) is 31.2 Å². The molecule has 4 heteroatoms. The van der Waals surface area contributed by atoms with Crippen LogP contribution in [0.2, 0.25) is 0 Å². The van der Waals surface area contributed by atoms with Crippen molar-refractivity contribution >= 4 is 5.78 Å². The second-order valence-corrected chi connectivity index (χ2v) is 5.08. The number of ether oxygens (including phenoxy) is 1. The Labute approximate surface area is 124 Å². The van der Waals surface area contributed by atoms with Crippen LogP contribution in [0.1, 0.15) is 35.1 Å². The third-order valence-electron chi connectivity index (χ3n) is 3.52. The third kappa shape index (κ3) is 3.32. The molecule has 0 saturated heterocycles. The Morgan fingerprint density at radius 1 is 1.29 bits per heavy atom. The van der Waals surface area contributed by atoms with E-state index >= 15 is 0 Å². The summed E-state index contributed by atoms with van der Waals surface area (Å²) in [5, 5.41) is 0. The van der Waals surface area contributed by atoms with Crippen molar-refractivity contribution in [3.8, 4) is 5.75 Å². The molecule has 3 nitrogen and oxygen atoms in total. The number of hydrogen-bond donors (Lipinski definition) is 0. The summed E-state index contributed by atoms with van der Waals surface area (Å²) in [6.45, 7) is 6.74. The van der Waals surface area contributed by atoms with Gasteiger partial charge in [-0.25, -0.2) is 4.39 Å². The maximum atomic E-state index is 13.4. The van der Waals surface area contributed by atoms with Crippen LogP contribution in [0.15, 0.2) is 30.3 Å². The van der Waals surface area contributed by atoms with Crippen molar-refractivity contribution in [2.24, 2.45) is 0 Å². The second-order valence-electron chi connectivity index (χ2n) is 5.08. The van der Waals surface area contributed by atoms with Gasteiger partial charge in [0.25, 0.3) is 0 Å². The highest BCUT2D eigenvalue weighted by atomic mass is 19.1. The van der Waals surface area contributed by atoms with E-state index in [-0.39, 0.29) is 18.1 Å². The summed E-state index contributed by atoms with van der Waals surface area (Å²) in [6.07, 6.45) is 1.01. The van der Waals surface area contributed by atoms with E-state index < -0.39 is 5.82 Å². The molecule has 0 spiro atoms. The van der Waals surface area contributed by atoms with E-state index in [0.717, 1.165) is 24.4 Å². The molecule has 0 atom stereocenters. The van der Waals surface area contributed by atoms with Gasteiger partial charge in [-0.3, -0.25) is 4.79 Å². The van der Waals surface area contributed by atoms with Gasteiger partial charge < -0.3 is 9.30 Å². The fourth-order valence-electron chi connectivity index (χ4n) is 2.43. The van der Waals surface area contributed by atoms with E-state index in [1.165, 1.54) is 12.1 Å². The van der Waals surface area contributed by atoms with E-state index in [9.17, 15) is 9.18 Å². The largest absolute Gasteiger partial charge is 0.482 e. The molecular formula is C17H20FNO2. The molecular weight excluding hydrogens is 269 g/mol. The SMILES string of the molecule is CCCn1c(C)cc(C(=O)COc2ccccc2F)c1C. The molecule has 21 heavy (non-hydrogen) atoms. The second kappa shape index (κ2) is 6.57. The zero-order valence-corrected chi connectivity index (χ0v) is 12.6. The molecule has 0 radical (unpaired) electrons. The number of halogens is 1. The predicted molar refractivity (Wildman–Crippen MR) is 80.4 cm³/mol. The number of aromatic nitrogens is 1. The zero-order chi connectivity index (χ0) is 15.4. The van der Waals surface area contributed by atoms with Crippen LogP contribution in [0.5, 0.6) is 5.75 Å². The van der Waals surface area contributed by atoms with E-state index in [4.69, 9.17) is 4.74 Å². The average molecular weight is 289 g/mol. The maximum absolute atomic E-state index is 13.4. The first kappa shape index (κ1) is 15.3. The van der Waals surface area contributed by atoms with Gasteiger partial charge >= 0.3 is 0 Å². The number of ketones is 1. The Bertz CT molecular complexity index is 646. The van der Waals surface area contributed by atoms with Crippen LogP contribution in [-0.2, 0) is 6.54 Å². The minimum Gasteiger partial charge on any atom is -0.482 e. The van der Waals surface area contributed by atoms with Gasteiger partial charge in [0.2, 0.25) is 5.78 Å². The van der Waals surface area contributed by atoms with Crippen molar-refractivity contribution in [3.05, 3.63) is 53.1 Å². The van der Waals surface area contributed by atoms with Gasteiger partial charge in [-0.1, -0.05) is 19.1 Å². The quantitative estimate of drug-likeness (QED) is 0.755. The number of para-hydroxylation sites is 1. The lowest BCUT2D eigenvalue weighted by atomic mass is 10.1. The summed E-state index contributed by atoms with van der Waals surface area (Å²) < 4.78 is 20.9. The standard InChI is InChI=1S/C17H20FNO2/c1-4-9-19-12(2)10-14(13(19)3)16(20)11-21-17-8-6-5-7-15(17)18/h5-8,10H,4,9,11H2,1-3H3. The Morgan fingerprint density at radius 3 is 2.67 bits per heavy atom. The molecule has 0 fully saturated rings. The van der Waals surface area contributed by atoms with Crippen molar-refractivity contribution in [3.63, 3.8) is 0 Å². The van der Waals surface area contributed by atoms with Gasteiger partial charge in [0.1, 0.15) is 0 Å². The summed E-state index contributed by atoms with van der Waals surface area (Å²) in [5.41, 5.74) is 2.65. The molecule has 1 aromatic carbocycles. The molecule has 0 unspecified atom stereocenters. The summed E-state index contributed by atoms with van der Waals surface area (Å²) in [6, 6.07) is 7.96. The van der Waals surface area contributed by atoms with Crippen LogP contribution in [0.3, 0.4) is 0 Å². The molecule has 112 valence electrons. The summed E-state index contributed by atoms with van der Waals surface area (Å²) in [7, 11) is 0. The van der Waals surface area contributed by atoms with Crippen LogP contribution in [-0.4, -0.2) is 17.0 Å². The number of benzene rings is 1. The van der Waals surface area contributed by atoms with Crippen molar-refractivity contribution < 1.29 is 13.9 Å². The fourth-order valence-corrected chi connectivity index (χ4v) is 2.43. The molecule has 0 aliphatic rings. The summed E-state index contributed by atoms with van der Waals surface area (Å²) in [5.74, 6) is -0.483. The first-order valence-corrected chi connectivity index (χ1v) is 7.11. The molecule has 1 heterocycles. The number of nitrogens with zero attached hydrogens (tertiary/aromatic N) is 1. The smallest absolute Gasteiger partial charge is 0.202 e. The lowest BCUT2D eigenvalue weighted by Crippen LogP contribution is -2.13. The monoisotopic (exact) mass is 289 g/mol. The molecule has 0 N–H and O–H groups in total. The highest BCUT2D eigenvalue weighted by Gasteiger charge is 2.16. The average Bonchev–Trinajstić information content (AvgIpc) is 2.75. The van der Waals surface area contributed by atoms with Gasteiger partial charge in [0, 0.05) is 23.5 Å². The van der Waals surface area contributed by atoms with Crippen LogP contribution in [0, 0.1) is 19.7 Å².